The Morgan fingerprint density at radius 2 is 1.91 bits per heavy atom. The van der Waals surface area contributed by atoms with Crippen molar-refractivity contribution in [3.8, 4) is 11.4 Å². The fourth-order valence-corrected chi connectivity index (χ4v) is 4.52. The molecular formula is C23H21F2N5O3S. The van der Waals surface area contributed by atoms with E-state index in [1.165, 1.54) is 0 Å². The second-order valence-corrected chi connectivity index (χ2v) is 9.01. The van der Waals surface area contributed by atoms with Crippen molar-refractivity contribution in [2.45, 2.75) is 29.8 Å². The number of oxime groups is 1. The first-order chi connectivity index (χ1) is 16.5. The molecule has 1 saturated heterocycles. The van der Waals surface area contributed by atoms with Gasteiger partial charge >= 0.3 is 6.01 Å². The van der Waals surface area contributed by atoms with E-state index in [-0.39, 0.29) is 22.7 Å². The number of aromatic nitrogens is 2. The fourth-order valence-electron chi connectivity index (χ4n) is 4.04. The van der Waals surface area contributed by atoms with Crippen molar-refractivity contribution < 1.29 is 22.9 Å². The normalized spacial score (nSPS) is 16.9. The molecule has 3 heterocycles. The van der Waals surface area contributed by atoms with Gasteiger partial charge in [0.05, 0.1) is 5.69 Å². The van der Waals surface area contributed by atoms with E-state index >= 15 is 0 Å². The van der Waals surface area contributed by atoms with Crippen LogP contribution in [0, 0.1) is 11.6 Å². The minimum Gasteiger partial charge on any atom is -0.388 e. The van der Waals surface area contributed by atoms with Crippen LogP contribution in [-0.4, -0.2) is 46.7 Å². The molecule has 5 rings (SSSR count). The number of hydrogen-bond acceptors (Lipinski definition) is 8. The number of rotatable bonds is 5. The number of thioether (sulfide) groups is 1. The summed E-state index contributed by atoms with van der Waals surface area (Å²) in [6.45, 7) is 1.16. The molecule has 1 fully saturated rings. The Hall–Kier alpha value is -3.47. The molecule has 34 heavy (non-hydrogen) atoms. The van der Waals surface area contributed by atoms with Gasteiger partial charge in [0.15, 0.2) is 0 Å². The zero-order valence-electron chi connectivity index (χ0n) is 18.3. The predicted molar refractivity (Wildman–Crippen MR) is 124 cm³/mol. The van der Waals surface area contributed by atoms with Crippen molar-refractivity contribution in [2.24, 2.45) is 5.16 Å². The Kier molecular flexibility index (Phi) is 5.94. The number of piperidine rings is 1. The fraction of sp³-hybridized carbons (Fsp3) is 0.304. The number of benzene rings is 2. The molecule has 0 radical (unpaired) electrons. The summed E-state index contributed by atoms with van der Waals surface area (Å²) in [5, 5.41) is 10.4. The molecule has 8 nitrogen and oxygen atoms in total. The maximum Gasteiger partial charge on any atom is 0.324 e. The van der Waals surface area contributed by atoms with E-state index < -0.39 is 23.1 Å². The van der Waals surface area contributed by atoms with Crippen molar-refractivity contribution in [1.82, 2.24) is 10.1 Å². The van der Waals surface area contributed by atoms with Crippen LogP contribution in [0.25, 0.3) is 11.4 Å². The van der Waals surface area contributed by atoms with Crippen LogP contribution < -0.4 is 10.2 Å². The van der Waals surface area contributed by atoms with Crippen LogP contribution in [0.15, 0.2) is 57.0 Å². The first-order valence-electron chi connectivity index (χ1n) is 10.7. The van der Waals surface area contributed by atoms with E-state index in [9.17, 15) is 13.6 Å². The van der Waals surface area contributed by atoms with Crippen LogP contribution in [0.1, 0.15) is 19.3 Å². The molecule has 1 N–H and O–H groups in total. The summed E-state index contributed by atoms with van der Waals surface area (Å²) in [5.41, 5.74) is 0.155. The molecule has 0 saturated carbocycles. The summed E-state index contributed by atoms with van der Waals surface area (Å²) in [7, 11) is 0. The monoisotopic (exact) mass is 485 g/mol. The lowest BCUT2D eigenvalue weighted by atomic mass is 9.87. The van der Waals surface area contributed by atoms with Gasteiger partial charge in [-0.25, -0.2) is 8.78 Å². The first-order valence-corrected chi connectivity index (χ1v) is 11.9. The van der Waals surface area contributed by atoms with Gasteiger partial charge in [0.2, 0.25) is 5.82 Å². The zero-order chi connectivity index (χ0) is 23.7. The highest BCUT2D eigenvalue weighted by Crippen LogP contribution is 2.36. The molecule has 0 bridgehead atoms. The average Bonchev–Trinajstić information content (AvgIpc) is 3.51. The number of anilines is 2. The summed E-state index contributed by atoms with van der Waals surface area (Å²) >= 11 is 1.09. The average molecular weight is 486 g/mol. The summed E-state index contributed by atoms with van der Waals surface area (Å²) in [6, 6.07) is 12.0. The Morgan fingerprint density at radius 3 is 2.65 bits per heavy atom. The minimum atomic E-state index is -0.712. The molecule has 0 aliphatic carbocycles. The third-order valence-corrected chi connectivity index (χ3v) is 6.74. The lowest BCUT2D eigenvalue weighted by Crippen LogP contribution is -2.45. The Balaban J connectivity index is 1.19. The van der Waals surface area contributed by atoms with E-state index in [4.69, 9.17) is 9.36 Å². The highest BCUT2D eigenvalue weighted by atomic mass is 32.2. The highest BCUT2D eigenvalue weighted by molar-refractivity contribution is 7.98. The summed E-state index contributed by atoms with van der Waals surface area (Å²) in [5.74, 6) is -1.41. The molecule has 0 atom stereocenters. The van der Waals surface area contributed by atoms with Gasteiger partial charge in [0.1, 0.15) is 22.9 Å². The minimum absolute atomic E-state index is 0.145. The zero-order valence-corrected chi connectivity index (χ0v) is 19.1. The van der Waals surface area contributed by atoms with E-state index in [2.05, 4.69) is 20.6 Å². The molecule has 2 aromatic carbocycles. The Morgan fingerprint density at radius 1 is 1.15 bits per heavy atom. The van der Waals surface area contributed by atoms with Gasteiger partial charge in [-0.05, 0) is 12.3 Å². The van der Waals surface area contributed by atoms with Crippen molar-refractivity contribution in [3.63, 3.8) is 0 Å². The van der Waals surface area contributed by atoms with Crippen LogP contribution in [-0.2, 0) is 9.63 Å². The van der Waals surface area contributed by atoms with E-state index in [0.29, 0.717) is 37.8 Å². The largest absolute Gasteiger partial charge is 0.388 e. The predicted octanol–water partition coefficient (Wildman–Crippen LogP) is 4.49. The molecular weight excluding hydrogens is 464 g/mol. The van der Waals surface area contributed by atoms with E-state index in [1.807, 2.05) is 35.2 Å². The Labute approximate surface area is 198 Å². The maximum absolute atomic E-state index is 14.2. The van der Waals surface area contributed by atoms with Crippen LogP contribution in [0.4, 0.5) is 20.5 Å². The highest BCUT2D eigenvalue weighted by Gasteiger charge is 2.44. The van der Waals surface area contributed by atoms with Crippen LogP contribution in [0.3, 0.4) is 0 Å². The molecule has 2 aliphatic heterocycles. The topological polar surface area (TPSA) is 92.8 Å². The standard InChI is InChI=1S/C23H21F2N5O3S/c1-34-19-12-15(24)17(11-16(19)25)26-21(31)18-13-23(33-28-18)7-9-30(10-8-23)22-27-20(29-32-22)14-5-3-2-4-6-14/h2-6,11-12H,7-10,13H2,1H3,(H,26,31). The van der Waals surface area contributed by atoms with Gasteiger partial charge in [0.25, 0.3) is 5.91 Å². The summed E-state index contributed by atoms with van der Waals surface area (Å²) in [6.07, 6.45) is 3.09. The van der Waals surface area contributed by atoms with Gasteiger partial charge < -0.3 is 19.6 Å². The van der Waals surface area contributed by atoms with Gasteiger partial charge in [-0.3, -0.25) is 4.79 Å². The van der Waals surface area contributed by atoms with Crippen molar-refractivity contribution in [3.05, 3.63) is 54.1 Å². The van der Waals surface area contributed by atoms with E-state index in [1.54, 1.807) is 6.26 Å². The maximum atomic E-state index is 14.2. The van der Waals surface area contributed by atoms with Gasteiger partial charge in [0, 0.05) is 48.9 Å². The van der Waals surface area contributed by atoms with Gasteiger partial charge in [-0.2, -0.15) is 4.98 Å². The lowest BCUT2D eigenvalue weighted by molar-refractivity contribution is -0.110. The second kappa shape index (κ2) is 9.05. The number of halogens is 2. The SMILES string of the molecule is CSc1cc(F)c(NC(=O)C2=NOC3(CCN(c4nc(-c5ccccc5)no4)CC3)C2)cc1F. The third-order valence-electron chi connectivity index (χ3n) is 5.98. The second-order valence-electron chi connectivity index (χ2n) is 8.16. The lowest BCUT2D eigenvalue weighted by Gasteiger charge is -2.36. The molecule has 3 aromatic rings. The van der Waals surface area contributed by atoms with Crippen LogP contribution >= 0.6 is 11.8 Å². The molecule has 1 spiro atoms. The van der Waals surface area contributed by atoms with Crippen LogP contribution in [0.5, 0.6) is 0 Å². The summed E-state index contributed by atoms with van der Waals surface area (Å²) in [4.78, 5) is 24.9. The number of carbonyl (C=O) groups excluding carboxylic acids is 1. The molecule has 0 unspecified atom stereocenters. The van der Waals surface area contributed by atoms with E-state index in [0.717, 1.165) is 29.5 Å². The number of nitrogens with zero attached hydrogens (tertiary/aromatic N) is 4. The third kappa shape index (κ3) is 4.35. The Bertz CT molecular complexity index is 1240. The van der Waals surface area contributed by atoms with Crippen molar-refractivity contribution in [1.29, 1.82) is 0 Å². The number of hydrogen-bond donors (Lipinski definition) is 1. The van der Waals surface area contributed by atoms with Gasteiger partial charge in [-0.1, -0.05) is 40.6 Å². The molecule has 1 aromatic heterocycles. The quantitative estimate of drug-likeness (QED) is 0.532. The number of amides is 1. The smallest absolute Gasteiger partial charge is 0.324 e. The summed E-state index contributed by atoms with van der Waals surface area (Å²) < 4.78 is 33.7. The van der Waals surface area contributed by atoms with Crippen molar-refractivity contribution >= 4 is 35.1 Å². The molecule has 2 aliphatic rings. The molecule has 176 valence electrons. The molecule has 11 heteroatoms. The first kappa shape index (κ1) is 22.3. The molecule has 1 amide bonds. The number of nitrogens with one attached hydrogen (secondary N) is 1. The van der Waals surface area contributed by atoms with Crippen LogP contribution in [0.2, 0.25) is 0 Å². The van der Waals surface area contributed by atoms with Gasteiger partial charge in [-0.15, -0.1) is 11.8 Å². The van der Waals surface area contributed by atoms with Crippen molar-refractivity contribution in [2.75, 3.05) is 29.6 Å². The number of carbonyl (C=O) groups is 1.